The Labute approximate surface area is 104 Å². The van der Waals surface area contributed by atoms with Crippen molar-refractivity contribution in [1.82, 2.24) is 0 Å². The second-order valence-corrected chi connectivity index (χ2v) is 5.11. The molecule has 92 valence electrons. The van der Waals surface area contributed by atoms with Crippen LogP contribution in [0.2, 0.25) is 0 Å². The third-order valence-electron chi connectivity index (χ3n) is 3.94. The number of Topliss-reactive ketones (excluding diaryl/α,β-unsaturated/α-hetero) is 1. The second kappa shape index (κ2) is 4.99. The summed E-state index contributed by atoms with van der Waals surface area (Å²) in [6.07, 6.45) is 12.9. The van der Waals surface area contributed by atoms with Crippen molar-refractivity contribution in [3.63, 3.8) is 0 Å². The van der Waals surface area contributed by atoms with Crippen molar-refractivity contribution in [3.05, 3.63) is 24.4 Å². The van der Waals surface area contributed by atoms with E-state index in [2.05, 4.69) is 24.1 Å². The fourth-order valence-corrected chi connectivity index (χ4v) is 2.86. The largest absolute Gasteiger partial charge is 0.300 e. The Bertz CT molecular complexity index is 392. The van der Waals surface area contributed by atoms with Crippen molar-refractivity contribution in [2.24, 2.45) is 16.3 Å². The minimum Gasteiger partial charge on any atom is -0.300 e. The monoisotopic (exact) mass is 231 g/mol. The summed E-state index contributed by atoms with van der Waals surface area (Å²) in [5, 5.41) is 0. The molecule has 0 N–H and O–H groups in total. The number of allylic oxidation sites excluding steroid dienone is 3. The molecule has 2 aliphatic carbocycles. The zero-order valence-corrected chi connectivity index (χ0v) is 10.8. The van der Waals surface area contributed by atoms with E-state index in [4.69, 9.17) is 0 Å². The predicted octanol–water partition coefficient (Wildman–Crippen LogP) is 3.69. The van der Waals surface area contributed by atoms with Crippen LogP contribution in [0.3, 0.4) is 0 Å². The Kier molecular flexibility index (Phi) is 3.60. The molecule has 17 heavy (non-hydrogen) atoms. The van der Waals surface area contributed by atoms with E-state index in [1.165, 1.54) is 5.71 Å². The van der Waals surface area contributed by atoms with E-state index in [0.717, 1.165) is 32.1 Å². The number of hydrogen-bond donors (Lipinski definition) is 0. The van der Waals surface area contributed by atoms with Gasteiger partial charge >= 0.3 is 0 Å². The summed E-state index contributed by atoms with van der Waals surface area (Å²) in [6, 6.07) is 0. The average Bonchev–Trinajstić information content (AvgIpc) is 3.03. The van der Waals surface area contributed by atoms with E-state index in [1.54, 1.807) is 0 Å². The molecule has 2 rings (SSSR count). The van der Waals surface area contributed by atoms with Crippen molar-refractivity contribution >= 4 is 11.5 Å². The molecule has 2 unspecified atom stereocenters. The lowest BCUT2D eigenvalue weighted by molar-refractivity contribution is -0.120. The van der Waals surface area contributed by atoms with Gasteiger partial charge in [0.25, 0.3) is 0 Å². The molecule has 0 aromatic rings. The number of aliphatic imine (C=N–C) groups is 1. The molecule has 2 saturated carbocycles. The van der Waals surface area contributed by atoms with Gasteiger partial charge in [-0.1, -0.05) is 19.1 Å². The van der Waals surface area contributed by atoms with Crippen LogP contribution in [0, 0.1) is 11.3 Å². The van der Waals surface area contributed by atoms with Gasteiger partial charge < -0.3 is 0 Å². The van der Waals surface area contributed by atoms with E-state index in [0.29, 0.717) is 11.7 Å². The predicted molar refractivity (Wildman–Crippen MR) is 71.1 cm³/mol. The number of carbonyl (C=O) groups excluding carboxylic acids is 1. The van der Waals surface area contributed by atoms with Crippen LogP contribution in [0.4, 0.5) is 0 Å². The lowest BCUT2D eigenvalue weighted by Gasteiger charge is -2.21. The molecule has 2 heteroatoms. The molecule has 0 bridgehead atoms. The van der Waals surface area contributed by atoms with Gasteiger partial charge in [0.15, 0.2) is 0 Å². The molecule has 2 fully saturated rings. The van der Waals surface area contributed by atoms with Crippen molar-refractivity contribution in [2.45, 2.75) is 46.0 Å². The zero-order valence-electron chi connectivity index (χ0n) is 10.8. The van der Waals surface area contributed by atoms with Gasteiger partial charge in [0, 0.05) is 30.2 Å². The van der Waals surface area contributed by atoms with E-state index in [-0.39, 0.29) is 5.41 Å². The summed E-state index contributed by atoms with van der Waals surface area (Å²) in [4.78, 5) is 16.0. The van der Waals surface area contributed by atoms with Crippen molar-refractivity contribution in [3.8, 4) is 0 Å². The van der Waals surface area contributed by atoms with Crippen LogP contribution >= 0.6 is 0 Å². The van der Waals surface area contributed by atoms with Crippen LogP contribution < -0.4 is 0 Å². The topological polar surface area (TPSA) is 29.4 Å². The quantitative estimate of drug-likeness (QED) is 0.678. The Morgan fingerprint density at radius 3 is 3.06 bits per heavy atom. The number of nitrogens with zero attached hydrogens (tertiary/aromatic N) is 1. The Hall–Kier alpha value is -1.18. The highest BCUT2D eigenvalue weighted by Gasteiger charge is 2.58. The maximum atomic E-state index is 11.4. The van der Waals surface area contributed by atoms with Gasteiger partial charge in [-0.3, -0.25) is 9.79 Å². The van der Waals surface area contributed by atoms with Gasteiger partial charge in [-0.25, -0.2) is 0 Å². The molecular weight excluding hydrogens is 210 g/mol. The number of rotatable bonds is 4. The summed E-state index contributed by atoms with van der Waals surface area (Å²) < 4.78 is 0. The summed E-state index contributed by atoms with van der Waals surface area (Å²) in [5.74, 6) is 1.00. The summed E-state index contributed by atoms with van der Waals surface area (Å²) >= 11 is 0. The standard InChI is InChI=1S/C15H21NO/c1-3-5-6-14(16-9-4-2)15-8-7-13(17)10-12(15)11-15/h4-6,9,12H,3,7-8,10-11H2,1-2H3/b6-5+,9-4-,16-14-. The number of carbonyl (C=O) groups is 1. The summed E-state index contributed by atoms with van der Waals surface area (Å²) in [7, 11) is 0. The molecule has 0 aliphatic heterocycles. The van der Waals surface area contributed by atoms with Crippen molar-refractivity contribution < 1.29 is 4.79 Å². The maximum absolute atomic E-state index is 11.4. The number of fused-ring (bicyclic) bond motifs is 1. The van der Waals surface area contributed by atoms with Gasteiger partial charge in [0.05, 0.1) is 0 Å². The highest BCUT2D eigenvalue weighted by atomic mass is 16.1. The molecule has 0 aromatic heterocycles. The molecule has 0 saturated heterocycles. The fraction of sp³-hybridized carbons (Fsp3) is 0.600. The van der Waals surface area contributed by atoms with E-state index in [9.17, 15) is 4.79 Å². The third kappa shape index (κ3) is 2.41. The van der Waals surface area contributed by atoms with Crippen molar-refractivity contribution in [2.75, 3.05) is 0 Å². The highest BCUT2D eigenvalue weighted by Crippen LogP contribution is 2.61. The fourth-order valence-electron chi connectivity index (χ4n) is 2.86. The molecule has 0 aromatic carbocycles. The molecule has 0 spiro atoms. The Morgan fingerprint density at radius 1 is 1.59 bits per heavy atom. The second-order valence-electron chi connectivity index (χ2n) is 5.11. The van der Waals surface area contributed by atoms with Gasteiger partial charge in [-0.15, -0.1) is 0 Å². The maximum Gasteiger partial charge on any atom is 0.133 e. The normalized spacial score (nSPS) is 33.4. The van der Waals surface area contributed by atoms with Crippen molar-refractivity contribution in [1.29, 1.82) is 0 Å². The van der Waals surface area contributed by atoms with Gasteiger partial charge in [-0.05, 0) is 38.2 Å². The molecule has 0 radical (unpaired) electrons. The van der Waals surface area contributed by atoms with Crippen LogP contribution in [0.5, 0.6) is 0 Å². The van der Waals surface area contributed by atoms with E-state index >= 15 is 0 Å². The van der Waals surface area contributed by atoms with E-state index in [1.807, 2.05) is 19.2 Å². The molecule has 2 atom stereocenters. The molecule has 2 nitrogen and oxygen atoms in total. The van der Waals surface area contributed by atoms with Gasteiger partial charge in [0.1, 0.15) is 5.78 Å². The van der Waals surface area contributed by atoms with Crippen LogP contribution in [0.25, 0.3) is 0 Å². The van der Waals surface area contributed by atoms with Crippen LogP contribution in [0.1, 0.15) is 46.0 Å². The molecule has 2 aliphatic rings. The summed E-state index contributed by atoms with van der Waals surface area (Å²) in [6.45, 7) is 4.12. The number of hydrogen-bond acceptors (Lipinski definition) is 2. The van der Waals surface area contributed by atoms with Crippen LogP contribution in [-0.4, -0.2) is 11.5 Å². The Balaban J connectivity index is 2.17. The van der Waals surface area contributed by atoms with Gasteiger partial charge in [0.2, 0.25) is 0 Å². The lowest BCUT2D eigenvalue weighted by atomic mass is 9.83. The minimum atomic E-state index is 0.235. The van der Waals surface area contributed by atoms with E-state index < -0.39 is 0 Å². The number of ketones is 1. The smallest absolute Gasteiger partial charge is 0.133 e. The third-order valence-corrected chi connectivity index (χ3v) is 3.94. The summed E-state index contributed by atoms with van der Waals surface area (Å²) in [5.41, 5.74) is 1.42. The molecular formula is C15H21NO. The SMILES string of the molecule is C\C=C/N=C(/C=C/CC)C12CCC(=O)CC1C2. The first-order valence-corrected chi connectivity index (χ1v) is 6.60. The first kappa shape index (κ1) is 12.3. The molecule has 0 heterocycles. The highest BCUT2D eigenvalue weighted by molar-refractivity contribution is 6.04. The van der Waals surface area contributed by atoms with Crippen LogP contribution in [-0.2, 0) is 4.79 Å². The first-order chi connectivity index (χ1) is 8.23. The minimum absolute atomic E-state index is 0.235. The lowest BCUT2D eigenvalue weighted by Crippen LogP contribution is -2.23. The molecule has 0 amide bonds. The average molecular weight is 231 g/mol. The van der Waals surface area contributed by atoms with Gasteiger partial charge in [-0.2, -0.15) is 0 Å². The zero-order chi connectivity index (χ0) is 12.3. The van der Waals surface area contributed by atoms with Crippen LogP contribution in [0.15, 0.2) is 29.4 Å². The first-order valence-electron chi connectivity index (χ1n) is 6.60. The Morgan fingerprint density at radius 2 is 2.41 bits per heavy atom.